The average molecular weight is 392 g/mol. The number of benzene rings is 1. The number of carbonyl (C=O) groups is 3. The van der Waals surface area contributed by atoms with Crippen LogP contribution in [-0.2, 0) is 20.9 Å². The molecule has 3 N–H and O–H groups in total. The molecule has 0 spiro atoms. The Hall–Kier alpha value is -2.67. The number of aliphatic hydroxyl groups excluding tert-OH is 1. The lowest BCUT2D eigenvalue weighted by Crippen LogP contribution is -2.43. The molecule has 1 rings (SSSR count). The molecule has 0 saturated carbocycles. The molecule has 0 radical (unpaired) electrons. The van der Waals surface area contributed by atoms with Gasteiger partial charge in [-0.05, 0) is 30.5 Å². The number of rotatable bonds is 8. The van der Waals surface area contributed by atoms with E-state index >= 15 is 0 Å². The number of aliphatic hydroxyl groups is 1. The van der Waals surface area contributed by atoms with Gasteiger partial charge in [-0.2, -0.15) is 0 Å². The summed E-state index contributed by atoms with van der Waals surface area (Å²) in [6, 6.07) is 6.66. The van der Waals surface area contributed by atoms with Crippen molar-refractivity contribution in [2.75, 3.05) is 11.9 Å². The number of hydrogen-bond donors (Lipinski definition) is 3. The molecule has 0 aliphatic heterocycles. The first kappa shape index (κ1) is 25.3. The first-order chi connectivity index (χ1) is 13.1. The van der Waals surface area contributed by atoms with Crippen molar-refractivity contribution in [1.82, 2.24) is 5.32 Å². The summed E-state index contributed by atoms with van der Waals surface area (Å²) in [6.45, 7) is 12.4. The Morgan fingerprint density at radius 2 is 1.71 bits per heavy atom. The number of Topliss-reactive ketones (excluding diaryl/α,β-unsaturated/α-hetero) is 1. The maximum atomic E-state index is 11.3. The summed E-state index contributed by atoms with van der Waals surface area (Å²) >= 11 is 0. The number of anilines is 1. The Morgan fingerprint density at radius 3 is 2.11 bits per heavy atom. The summed E-state index contributed by atoms with van der Waals surface area (Å²) in [5.41, 5.74) is 1.61. The molecule has 28 heavy (non-hydrogen) atoms. The van der Waals surface area contributed by atoms with Crippen LogP contribution in [0.15, 0.2) is 36.9 Å². The Kier molecular flexibility index (Phi) is 12.2. The molecule has 7 nitrogen and oxygen atoms in total. The number of amides is 2. The molecule has 1 aromatic carbocycles. The van der Waals surface area contributed by atoms with Crippen molar-refractivity contribution in [3.05, 3.63) is 42.5 Å². The average Bonchev–Trinajstić information content (AvgIpc) is 2.64. The van der Waals surface area contributed by atoms with Crippen LogP contribution in [0.2, 0.25) is 0 Å². The summed E-state index contributed by atoms with van der Waals surface area (Å²) in [4.78, 5) is 33.5. The van der Waals surface area contributed by atoms with E-state index in [2.05, 4.69) is 17.2 Å². The normalized spacial score (nSPS) is 11.1. The fourth-order valence-corrected chi connectivity index (χ4v) is 2.02. The van der Waals surface area contributed by atoms with Crippen molar-refractivity contribution >= 4 is 23.5 Å². The maximum absolute atomic E-state index is 11.3. The van der Waals surface area contributed by atoms with E-state index in [0.29, 0.717) is 0 Å². The van der Waals surface area contributed by atoms with Crippen LogP contribution >= 0.6 is 0 Å². The molecule has 1 aromatic rings. The third-order valence-corrected chi connectivity index (χ3v) is 3.64. The standard InChI is InChI=1S/C11H15NO2.C10H17NO3/c1-8(2)11(14)12-10-5-3-9(7-13)4-6-10;1-5-6-14-10(13)11-9(7(2)3)8(4)12/h3-6,8,13H,7H2,1-2H3,(H,12,14);5,7,9H,1,6H2,2-4H3,(H,11,13). The summed E-state index contributed by atoms with van der Waals surface area (Å²) in [5.74, 6) is -0.0337. The van der Waals surface area contributed by atoms with Gasteiger partial charge in [0.2, 0.25) is 5.91 Å². The second-order valence-electron chi connectivity index (χ2n) is 6.86. The van der Waals surface area contributed by atoms with Gasteiger partial charge in [-0.25, -0.2) is 4.79 Å². The van der Waals surface area contributed by atoms with Crippen molar-refractivity contribution in [3.8, 4) is 0 Å². The van der Waals surface area contributed by atoms with Gasteiger partial charge < -0.3 is 20.5 Å². The molecule has 0 aromatic heterocycles. The zero-order valence-electron chi connectivity index (χ0n) is 17.3. The molecule has 0 aliphatic carbocycles. The van der Waals surface area contributed by atoms with Crippen LogP contribution in [-0.4, -0.2) is 35.5 Å². The summed E-state index contributed by atoms with van der Waals surface area (Å²) in [7, 11) is 0. The second kappa shape index (κ2) is 13.5. The van der Waals surface area contributed by atoms with Crippen molar-refractivity contribution < 1.29 is 24.2 Å². The molecule has 0 bridgehead atoms. The fraction of sp³-hybridized carbons (Fsp3) is 0.476. The highest BCUT2D eigenvalue weighted by molar-refractivity contribution is 5.92. The van der Waals surface area contributed by atoms with Gasteiger partial charge in [0.05, 0.1) is 12.6 Å². The third-order valence-electron chi connectivity index (χ3n) is 3.64. The van der Waals surface area contributed by atoms with E-state index in [9.17, 15) is 14.4 Å². The van der Waals surface area contributed by atoms with Crippen LogP contribution in [0.4, 0.5) is 10.5 Å². The Labute approximate surface area is 167 Å². The minimum atomic E-state index is -0.584. The quantitative estimate of drug-likeness (QED) is 0.589. The second-order valence-corrected chi connectivity index (χ2v) is 6.86. The molecule has 7 heteroatoms. The Balaban J connectivity index is 0.000000521. The van der Waals surface area contributed by atoms with Crippen LogP contribution in [0.3, 0.4) is 0 Å². The summed E-state index contributed by atoms with van der Waals surface area (Å²) in [5, 5.41) is 14.1. The highest BCUT2D eigenvalue weighted by atomic mass is 16.5. The summed E-state index contributed by atoms with van der Waals surface area (Å²) in [6.07, 6.45) is 0.886. The summed E-state index contributed by atoms with van der Waals surface area (Å²) < 4.78 is 4.70. The third kappa shape index (κ3) is 10.5. The first-order valence-electron chi connectivity index (χ1n) is 9.17. The maximum Gasteiger partial charge on any atom is 0.408 e. The van der Waals surface area contributed by atoms with E-state index in [4.69, 9.17) is 9.84 Å². The van der Waals surface area contributed by atoms with Gasteiger partial charge in [0.15, 0.2) is 5.78 Å². The highest BCUT2D eigenvalue weighted by Crippen LogP contribution is 2.10. The molecule has 1 unspecified atom stereocenters. The first-order valence-corrected chi connectivity index (χ1v) is 9.17. The van der Waals surface area contributed by atoms with Crippen molar-refractivity contribution in [2.45, 2.75) is 47.3 Å². The van der Waals surface area contributed by atoms with Crippen molar-refractivity contribution in [2.24, 2.45) is 11.8 Å². The van der Waals surface area contributed by atoms with Crippen LogP contribution in [0, 0.1) is 11.8 Å². The smallest absolute Gasteiger partial charge is 0.408 e. The number of nitrogens with one attached hydrogen (secondary N) is 2. The van der Waals surface area contributed by atoms with E-state index < -0.39 is 12.1 Å². The van der Waals surface area contributed by atoms with Gasteiger partial charge in [0.1, 0.15) is 6.61 Å². The van der Waals surface area contributed by atoms with E-state index in [1.165, 1.54) is 13.0 Å². The molecular formula is C21H32N2O5. The van der Waals surface area contributed by atoms with Gasteiger partial charge >= 0.3 is 6.09 Å². The SMILES string of the molecule is C=CCOC(=O)NC(C(C)=O)C(C)C.CC(C)C(=O)Nc1ccc(CO)cc1. The van der Waals surface area contributed by atoms with E-state index in [0.717, 1.165) is 11.3 Å². The topological polar surface area (TPSA) is 105 Å². The molecule has 156 valence electrons. The molecule has 0 aliphatic rings. The molecule has 1 atom stereocenters. The van der Waals surface area contributed by atoms with Crippen molar-refractivity contribution in [3.63, 3.8) is 0 Å². The van der Waals surface area contributed by atoms with Gasteiger partial charge in [-0.1, -0.05) is 52.5 Å². The van der Waals surface area contributed by atoms with Gasteiger partial charge in [-0.3, -0.25) is 9.59 Å². The number of hydrogen-bond acceptors (Lipinski definition) is 5. The Morgan fingerprint density at radius 1 is 1.14 bits per heavy atom. The molecule has 0 fully saturated rings. The van der Waals surface area contributed by atoms with Crippen LogP contribution in [0.5, 0.6) is 0 Å². The van der Waals surface area contributed by atoms with Gasteiger partial charge in [-0.15, -0.1) is 0 Å². The minimum Gasteiger partial charge on any atom is -0.445 e. The van der Waals surface area contributed by atoms with Crippen LogP contribution < -0.4 is 10.6 Å². The largest absolute Gasteiger partial charge is 0.445 e. The molecular weight excluding hydrogens is 360 g/mol. The number of carbonyl (C=O) groups excluding carboxylic acids is 3. The lowest BCUT2D eigenvalue weighted by Gasteiger charge is -2.18. The van der Waals surface area contributed by atoms with Gasteiger partial charge in [0, 0.05) is 11.6 Å². The van der Waals surface area contributed by atoms with Gasteiger partial charge in [0.25, 0.3) is 0 Å². The zero-order chi connectivity index (χ0) is 21.7. The van der Waals surface area contributed by atoms with Crippen molar-refractivity contribution in [1.29, 1.82) is 0 Å². The lowest BCUT2D eigenvalue weighted by atomic mass is 10.0. The molecule has 2 amide bonds. The van der Waals surface area contributed by atoms with E-state index in [1.807, 2.05) is 27.7 Å². The monoisotopic (exact) mass is 392 g/mol. The minimum absolute atomic E-state index is 0.00162. The fourth-order valence-electron chi connectivity index (χ4n) is 2.02. The Bertz CT molecular complexity index is 639. The molecule has 0 saturated heterocycles. The van der Waals surface area contributed by atoms with E-state index in [-0.39, 0.29) is 36.7 Å². The van der Waals surface area contributed by atoms with Crippen LogP contribution in [0.25, 0.3) is 0 Å². The lowest BCUT2D eigenvalue weighted by molar-refractivity contribution is -0.120. The van der Waals surface area contributed by atoms with Crippen LogP contribution in [0.1, 0.15) is 40.2 Å². The molecule has 0 heterocycles. The highest BCUT2D eigenvalue weighted by Gasteiger charge is 2.20. The predicted molar refractivity (Wildman–Crippen MR) is 110 cm³/mol. The number of ketones is 1. The zero-order valence-corrected chi connectivity index (χ0v) is 17.3. The van der Waals surface area contributed by atoms with E-state index in [1.54, 1.807) is 24.3 Å². The number of ether oxygens (including phenoxy) is 1. The number of alkyl carbamates (subject to hydrolysis) is 1. The predicted octanol–water partition coefficient (Wildman–Crippen LogP) is 3.29.